The van der Waals surface area contributed by atoms with Gasteiger partial charge in [0.2, 0.25) is 0 Å². The van der Waals surface area contributed by atoms with Crippen LogP contribution < -0.4 is 0 Å². The van der Waals surface area contributed by atoms with Crippen molar-refractivity contribution < 1.29 is 19.0 Å². The van der Waals surface area contributed by atoms with Crippen LogP contribution in [0.2, 0.25) is 0 Å². The lowest BCUT2D eigenvalue weighted by Gasteiger charge is -2.36. The molecule has 1 rings (SSSR count). The SMILES string of the molecule is CCCCCCC[C@@H]1C[C@@H](CCCCCCC)OC(CCCCC(=O)OC)O1. The summed E-state index contributed by atoms with van der Waals surface area (Å²) in [5.41, 5.74) is 0. The minimum absolute atomic E-state index is 0.0901. The van der Waals surface area contributed by atoms with E-state index < -0.39 is 0 Å². The molecule has 166 valence electrons. The van der Waals surface area contributed by atoms with E-state index in [9.17, 15) is 4.79 Å². The number of rotatable bonds is 17. The van der Waals surface area contributed by atoms with E-state index in [0.29, 0.717) is 18.6 Å². The number of methoxy groups -OCH3 is 1. The lowest BCUT2D eigenvalue weighted by atomic mass is 9.98. The molecular weight excluding hydrogens is 352 g/mol. The van der Waals surface area contributed by atoms with Gasteiger partial charge in [-0.05, 0) is 38.5 Å². The largest absolute Gasteiger partial charge is 0.469 e. The molecule has 0 aromatic rings. The van der Waals surface area contributed by atoms with Gasteiger partial charge in [0, 0.05) is 6.42 Å². The van der Waals surface area contributed by atoms with Gasteiger partial charge in [0.1, 0.15) is 0 Å². The van der Waals surface area contributed by atoms with Crippen LogP contribution in [-0.2, 0) is 19.0 Å². The number of unbranched alkanes of at least 4 members (excludes halogenated alkanes) is 9. The van der Waals surface area contributed by atoms with Crippen molar-refractivity contribution in [2.45, 2.75) is 141 Å². The molecule has 0 bridgehead atoms. The third kappa shape index (κ3) is 12.8. The van der Waals surface area contributed by atoms with Crippen LogP contribution in [0.4, 0.5) is 0 Å². The van der Waals surface area contributed by atoms with Gasteiger partial charge in [-0.2, -0.15) is 0 Å². The first-order valence-electron chi connectivity index (χ1n) is 12.1. The summed E-state index contributed by atoms with van der Waals surface area (Å²) in [5, 5.41) is 0. The van der Waals surface area contributed by atoms with Crippen molar-refractivity contribution in [3.63, 3.8) is 0 Å². The molecule has 28 heavy (non-hydrogen) atoms. The van der Waals surface area contributed by atoms with Crippen molar-refractivity contribution in [3.8, 4) is 0 Å². The highest BCUT2D eigenvalue weighted by Crippen LogP contribution is 2.28. The van der Waals surface area contributed by atoms with Gasteiger partial charge in [0.15, 0.2) is 6.29 Å². The molecule has 0 N–H and O–H groups in total. The van der Waals surface area contributed by atoms with Gasteiger partial charge in [0.25, 0.3) is 0 Å². The third-order valence-corrected chi connectivity index (χ3v) is 5.77. The summed E-state index contributed by atoms with van der Waals surface area (Å²) in [4.78, 5) is 11.3. The Bertz CT molecular complexity index is 350. The molecule has 4 heteroatoms. The average Bonchev–Trinajstić information content (AvgIpc) is 2.70. The monoisotopic (exact) mass is 398 g/mol. The summed E-state index contributed by atoms with van der Waals surface area (Å²) in [6, 6.07) is 0. The molecule has 0 amide bonds. The van der Waals surface area contributed by atoms with Crippen LogP contribution in [0, 0.1) is 0 Å². The van der Waals surface area contributed by atoms with E-state index >= 15 is 0 Å². The summed E-state index contributed by atoms with van der Waals surface area (Å²) in [6.45, 7) is 4.52. The summed E-state index contributed by atoms with van der Waals surface area (Å²) in [5.74, 6) is -0.125. The first-order valence-corrected chi connectivity index (χ1v) is 12.1. The molecule has 1 aliphatic rings. The lowest BCUT2D eigenvalue weighted by Crippen LogP contribution is -2.38. The first kappa shape index (κ1) is 25.4. The van der Waals surface area contributed by atoms with Crippen molar-refractivity contribution in [2.75, 3.05) is 7.11 Å². The Morgan fingerprint density at radius 3 is 1.75 bits per heavy atom. The Labute approximate surface area is 174 Å². The molecular formula is C24H46O4. The van der Waals surface area contributed by atoms with Gasteiger partial charge < -0.3 is 14.2 Å². The Morgan fingerprint density at radius 1 is 0.750 bits per heavy atom. The molecule has 0 unspecified atom stereocenters. The van der Waals surface area contributed by atoms with Gasteiger partial charge in [-0.25, -0.2) is 0 Å². The Morgan fingerprint density at radius 2 is 1.25 bits per heavy atom. The smallest absolute Gasteiger partial charge is 0.305 e. The molecule has 2 atom stereocenters. The van der Waals surface area contributed by atoms with Crippen LogP contribution in [0.25, 0.3) is 0 Å². The summed E-state index contributed by atoms with van der Waals surface area (Å²) >= 11 is 0. The fourth-order valence-corrected chi connectivity index (χ4v) is 4.01. The van der Waals surface area contributed by atoms with Crippen molar-refractivity contribution in [3.05, 3.63) is 0 Å². The van der Waals surface area contributed by atoms with Crippen LogP contribution >= 0.6 is 0 Å². The van der Waals surface area contributed by atoms with E-state index in [1.165, 1.54) is 71.3 Å². The normalized spacial score (nSPS) is 22.3. The highest BCUT2D eigenvalue weighted by Gasteiger charge is 2.29. The number of esters is 1. The molecule has 1 aliphatic heterocycles. The highest BCUT2D eigenvalue weighted by molar-refractivity contribution is 5.68. The van der Waals surface area contributed by atoms with Crippen LogP contribution in [0.15, 0.2) is 0 Å². The van der Waals surface area contributed by atoms with Crippen LogP contribution in [0.1, 0.15) is 123 Å². The topological polar surface area (TPSA) is 44.8 Å². The maximum atomic E-state index is 11.3. The molecule has 1 fully saturated rings. The zero-order valence-electron chi connectivity index (χ0n) is 18.9. The molecule has 0 radical (unpaired) electrons. The molecule has 0 aromatic heterocycles. The predicted octanol–water partition coefficient (Wildman–Crippen LogP) is 6.94. The molecule has 4 nitrogen and oxygen atoms in total. The van der Waals surface area contributed by atoms with Crippen molar-refractivity contribution in [1.82, 2.24) is 0 Å². The van der Waals surface area contributed by atoms with Crippen molar-refractivity contribution in [1.29, 1.82) is 0 Å². The minimum Gasteiger partial charge on any atom is -0.469 e. The van der Waals surface area contributed by atoms with Gasteiger partial charge in [-0.1, -0.05) is 78.1 Å². The summed E-state index contributed by atoms with van der Waals surface area (Å²) in [6.07, 6.45) is 20.3. The molecule has 0 spiro atoms. The Hall–Kier alpha value is -0.610. The highest BCUT2D eigenvalue weighted by atomic mass is 16.7. The third-order valence-electron chi connectivity index (χ3n) is 5.77. The molecule has 1 saturated heterocycles. The zero-order valence-corrected chi connectivity index (χ0v) is 18.9. The van der Waals surface area contributed by atoms with Gasteiger partial charge in [0.05, 0.1) is 19.3 Å². The van der Waals surface area contributed by atoms with E-state index in [1.54, 1.807) is 0 Å². The second-order valence-corrected chi connectivity index (χ2v) is 8.41. The zero-order chi connectivity index (χ0) is 20.5. The fourth-order valence-electron chi connectivity index (χ4n) is 4.01. The second kappa shape index (κ2) is 17.3. The van der Waals surface area contributed by atoms with E-state index in [1.807, 2.05) is 0 Å². The summed E-state index contributed by atoms with van der Waals surface area (Å²) < 4.78 is 17.2. The van der Waals surface area contributed by atoms with Gasteiger partial charge in [-0.3, -0.25) is 4.79 Å². The van der Waals surface area contributed by atoms with E-state index in [2.05, 4.69) is 13.8 Å². The number of carbonyl (C=O) groups is 1. The maximum absolute atomic E-state index is 11.3. The van der Waals surface area contributed by atoms with Gasteiger partial charge >= 0.3 is 5.97 Å². The number of hydrogen-bond acceptors (Lipinski definition) is 4. The molecule has 1 heterocycles. The van der Waals surface area contributed by atoms with E-state index in [-0.39, 0.29) is 12.3 Å². The Balaban J connectivity index is 2.34. The van der Waals surface area contributed by atoms with Crippen LogP contribution in [0.3, 0.4) is 0 Å². The Kier molecular flexibility index (Phi) is 15.7. The quantitative estimate of drug-likeness (QED) is 0.197. The number of hydrogen-bond donors (Lipinski definition) is 0. The molecule has 0 saturated carbocycles. The van der Waals surface area contributed by atoms with Gasteiger partial charge in [-0.15, -0.1) is 0 Å². The average molecular weight is 399 g/mol. The van der Waals surface area contributed by atoms with Crippen molar-refractivity contribution in [2.24, 2.45) is 0 Å². The molecule has 0 aromatic carbocycles. The summed E-state index contributed by atoms with van der Waals surface area (Å²) in [7, 11) is 1.45. The lowest BCUT2D eigenvalue weighted by molar-refractivity contribution is -0.247. The van der Waals surface area contributed by atoms with Crippen LogP contribution in [0.5, 0.6) is 0 Å². The second-order valence-electron chi connectivity index (χ2n) is 8.41. The number of ether oxygens (including phenoxy) is 3. The number of carbonyl (C=O) groups excluding carboxylic acids is 1. The van der Waals surface area contributed by atoms with E-state index in [4.69, 9.17) is 14.2 Å². The minimum atomic E-state index is -0.125. The maximum Gasteiger partial charge on any atom is 0.305 e. The molecule has 0 aliphatic carbocycles. The van der Waals surface area contributed by atoms with Crippen molar-refractivity contribution >= 4 is 5.97 Å². The predicted molar refractivity (Wildman–Crippen MR) is 115 cm³/mol. The van der Waals surface area contributed by atoms with Crippen LogP contribution in [-0.4, -0.2) is 31.6 Å². The standard InChI is InChI=1S/C24H46O4/c1-4-6-8-10-12-16-21-20-22(17-13-11-9-7-5-2)28-24(27-21)19-15-14-18-23(25)26-3/h21-22,24H,4-20H2,1-3H3/t21-,22-/m1/s1. The first-order chi connectivity index (χ1) is 13.7. The fraction of sp³-hybridized carbons (Fsp3) is 0.958. The van der Waals surface area contributed by atoms with E-state index in [0.717, 1.165) is 38.5 Å².